The molecule has 7 nitrogen and oxygen atoms in total. The number of nitro benzene ring substituents is 1. The minimum absolute atomic E-state index is 0.00871. The van der Waals surface area contributed by atoms with Gasteiger partial charge in [-0.1, -0.05) is 21.1 Å². The fraction of sp³-hybridized carbons (Fsp3) is 0.125. The second kappa shape index (κ2) is 6.79. The molecule has 24 heavy (non-hydrogen) atoms. The molecule has 1 heterocycles. The van der Waals surface area contributed by atoms with Crippen LogP contribution in [0, 0.1) is 10.1 Å². The fourth-order valence-electron chi connectivity index (χ4n) is 2.02. The van der Waals surface area contributed by atoms with Crippen LogP contribution in [0.3, 0.4) is 0 Å². The first-order chi connectivity index (χ1) is 11.5. The van der Waals surface area contributed by atoms with Gasteiger partial charge in [0.25, 0.3) is 11.6 Å². The van der Waals surface area contributed by atoms with E-state index in [2.05, 4.69) is 26.1 Å². The normalized spacial score (nSPS) is 11.9. The molecule has 0 unspecified atom stereocenters. The van der Waals surface area contributed by atoms with Crippen molar-refractivity contribution in [2.75, 3.05) is 0 Å². The molecule has 122 valence electrons. The van der Waals surface area contributed by atoms with Gasteiger partial charge in [0, 0.05) is 22.2 Å². The number of nitrogens with zero attached hydrogens (tertiary/aromatic N) is 3. The molecular weight excluding hydrogens is 378 g/mol. The fourth-order valence-corrected chi connectivity index (χ4v) is 2.28. The van der Waals surface area contributed by atoms with Crippen molar-refractivity contribution < 1.29 is 14.2 Å². The Balaban J connectivity index is 1.74. The summed E-state index contributed by atoms with van der Waals surface area (Å²) in [6.07, 6.45) is -0.425. The number of benzene rings is 2. The molecule has 1 aromatic heterocycles. The van der Waals surface area contributed by atoms with E-state index in [1.54, 1.807) is 19.1 Å². The van der Waals surface area contributed by atoms with Crippen molar-refractivity contribution in [2.24, 2.45) is 0 Å². The van der Waals surface area contributed by atoms with Crippen molar-refractivity contribution in [3.05, 3.63) is 69.0 Å². The van der Waals surface area contributed by atoms with Gasteiger partial charge in [-0.2, -0.15) is 4.98 Å². The Morgan fingerprint density at radius 3 is 2.46 bits per heavy atom. The quantitative estimate of drug-likeness (QED) is 0.469. The van der Waals surface area contributed by atoms with Gasteiger partial charge in [-0.15, -0.1) is 0 Å². The Labute approximate surface area is 145 Å². The largest absolute Gasteiger partial charge is 0.481 e. The van der Waals surface area contributed by atoms with Crippen LogP contribution in [0.25, 0.3) is 11.4 Å². The third kappa shape index (κ3) is 3.60. The second-order valence-electron chi connectivity index (χ2n) is 4.97. The molecule has 8 heteroatoms. The lowest BCUT2D eigenvalue weighted by Gasteiger charge is -2.10. The minimum atomic E-state index is -0.459. The van der Waals surface area contributed by atoms with Crippen LogP contribution < -0.4 is 4.74 Å². The van der Waals surface area contributed by atoms with E-state index in [-0.39, 0.29) is 5.69 Å². The van der Waals surface area contributed by atoms with E-state index in [4.69, 9.17) is 9.26 Å². The van der Waals surface area contributed by atoms with Crippen molar-refractivity contribution in [1.29, 1.82) is 0 Å². The van der Waals surface area contributed by atoms with E-state index in [0.29, 0.717) is 23.0 Å². The van der Waals surface area contributed by atoms with E-state index in [9.17, 15) is 10.1 Å². The van der Waals surface area contributed by atoms with E-state index in [0.717, 1.165) is 4.47 Å². The minimum Gasteiger partial charge on any atom is -0.481 e. The average Bonchev–Trinajstić information content (AvgIpc) is 3.07. The zero-order valence-corrected chi connectivity index (χ0v) is 14.1. The molecule has 1 atom stereocenters. The van der Waals surface area contributed by atoms with Crippen LogP contribution in [0.15, 0.2) is 57.5 Å². The highest BCUT2D eigenvalue weighted by molar-refractivity contribution is 9.10. The van der Waals surface area contributed by atoms with E-state index < -0.39 is 11.0 Å². The number of rotatable bonds is 5. The van der Waals surface area contributed by atoms with Gasteiger partial charge >= 0.3 is 0 Å². The van der Waals surface area contributed by atoms with Gasteiger partial charge < -0.3 is 9.26 Å². The summed E-state index contributed by atoms with van der Waals surface area (Å²) in [5.74, 6) is 1.36. The zero-order chi connectivity index (χ0) is 17.1. The van der Waals surface area contributed by atoms with Crippen molar-refractivity contribution in [3.8, 4) is 17.1 Å². The first-order valence-corrected chi connectivity index (χ1v) is 7.83. The van der Waals surface area contributed by atoms with Crippen LogP contribution >= 0.6 is 15.9 Å². The lowest BCUT2D eigenvalue weighted by atomic mass is 10.2. The van der Waals surface area contributed by atoms with E-state index >= 15 is 0 Å². The van der Waals surface area contributed by atoms with Crippen LogP contribution in [0.5, 0.6) is 5.75 Å². The summed E-state index contributed by atoms with van der Waals surface area (Å²) in [5, 5.41) is 14.6. The third-order valence-electron chi connectivity index (χ3n) is 3.25. The Bertz CT molecular complexity index is 847. The van der Waals surface area contributed by atoms with Gasteiger partial charge in [0.2, 0.25) is 5.82 Å². The van der Waals surface area contributed by atoms with Crippen LogP contribution in [-0.2, 0) is 0 Å². The molecule has 0 fully saturated rings. The van der Waals surface area contributed by atoms with Crippen molar-refractivity contribution in [1.82, 2.24) is 10.1 Å². The number of aromatic nitrogens is 2. The molecule has 0 bridgehead atoms. The highest BCUT2D eigenvalue weighted by Gasteiger charge is 2.17. The lowest BCUT2D eigenvalue weighted by molar-refractivity contribution is -0.384. The molecule has 0 N–H and O–H groups in total. The Kier molecular flexibility index (Phi) is 4.57. The first kappa shape index (κ1) is 16.1. The molecule has 2 aromatic carbocycles. The van der Waals surface area contributed by atoms with Crippen LogP contribution in [-0.4, -0.2) is 15.1 Å². The van der Waals surface area contributed by atoms with Gasteiger partial charge in [-0.3, -0.25) is 10.1 Å². The summed E-state index contributed by atoms with van der Waals surface area (Å²) in [6.45, 7) is 1.80. The maximum absolute atomic E-state index is 10.7. The van der Waals surface area contributed by atoms with Gasteiger partial charge in [0.15, 0.2) is 6.10 Å². The number of hydrogen-bond acceptors (Lipinski definition) is 6. The maximum atomic E-state index is 10.7. The maximum Gasteiger partial charge on any atom is 0.269 e. The van der Waals surface area contributed by atoms with Crippen LogP contribution in [0.4, 0.5) is 5.69 Å². The smallest absolute Gasteiger partial charge is 0.269 e. The monoisotopic (exact) mass is 389 g/mol. The van der Waals surface area contributed by atoms with Crippen molar-refractivity contribution >= 4 is 21.6 Å². The molecule has 0 saturated carbocycles. The van der Waals surface area contributed by atoms with Gasteiger partial charge in [0.1, 0.15) is 5.75 Å². The molecular formula is C16H12BrN3O4. The third-order valence-corrected chi connectivity index (χ3v) is 3.78. The molecule has 3 rings (SSSR count). The Hall–Kier alpha value is -2.74. The number of nitro groups is 1. The molecule has 0 radical (unpaired) electrons. The van der Waals surface area contributed by atoms with Crippen molar-refractivity contribution in [2.45, 2.75) is 13.0 Å². The van der Waals surface area contributed by atoms with E-state index in [1.165, 1.54) is 12.1 Å². The average molecular weight is 390 g/mol. The zero-order valence-electron chi connectivity index (χ0n) is 12.5. The summed E-state index contributed by atoms with van der Waals surface area (Å²) in [4.78, 5) is 14.5. The van der Waals surface area contributed by atoms with Crippen LogP contribution in [0.1, 0.15) is 18.9 Å². The number of halogens is 1. The standard InChI is InChI=1S/C16H12BrN3O4/c1-10(23-14-8-4-12(17)5-9-14)16-18-15(19-24-16)11-2-6-13(7-3-11)20(21)22/h2-10H,1H3/t10-/m0/s1. The summed E-state index contributed by atoms with van der Waals surface area (Å²) < 4.78 is 11.9. The van der Waals surface area contributed by atoms with Gasteiger partial charge in [-0.25, -0.2) is 0 Å². The Morgan fingerprint density at radius 2 is 1.83 bits per heavy atom. The van der Waals surface area contributed by atoms with E-state index in [1.807, 2.05) is 24.3 Å². The highest BCUT2D eigenvalue weighted by Crippen LogP contribution is 2.25. The SMILES string of the molecule is C[C@H](Oc1ccc(Br)cc1)c1nc(-c2ccc([N+](=O)[O-])cc2)no1. The number of non-ortho nitro benzene ring substituents is 1. The van der Waals surface area contributed by atoms with Crippen LogP contribution in [0.2, 0.25) is 0 Å². The lowest BCUT2D eigenvalue weighted by Crippen LogP contribution is -2.03. The molecule has 3 aromatic rings. The predicted molar refractivity (Wildman–Crippen MR) is 89.6 cm³/mol. The number of ether oxygens (including phenoxy) is 1. The Morgan fingerprint density at radius 1 is 1.17 bits per heavy atom. The summed E-state index contributed by atoms with van der Waals surface area (Å²) >= 11 is 3.36. The predicted octanol–water partition coefficient (Wildman–Crippen LogP) is 4.55. The molecule has 0 aliphatic carbocycles. The molecule has 0 amide bonds. The molecule has 0 aliphatic rings. The topological polar surface area (TPSA) is 91.3 Å². The van der Waals surface area contributed by atoms with Gasteiger partial charge in [0.05, 0.1) is 4.92 Å². The molecule has 0 spiro atoms. The molecule has 0 saturated heterocycles. The summed E-state index contributed by atoms with van der Waals surface area (Å²) in [6, 6.07) is 13.3. The van der Waals surface area contributed by atoms with Crippen molar-refractivity contribution in [3.63, 3.8) is 0 Å². The second-order valence-corrected chi connectivity index (χ2v) is 5.89. The number of hydrogen-bond donors (Lipinski definition) is 0. The highest BCUT2D eigenvalue weighted by atomic mass is 79.9. The summed E-state index contributed by atoms with van der Waals surface area (Å²) in [7, 11) is 0. The first-order valence-electron chi connectivity index (χ1n) is 7.03. The van der Waals surface area contributed by atoms with Gasteiger partial charge in [-0.05, 0) is 43.3 Å². The molecule has 0 aliphatic heterocycles. The summed E-state index contributed by atoms with van der Waals surface area (Å²) in [5.41, 5.74) is 0.640.